The lowest BCUT2D eigenvalue weighted by atomic mass is 9.31. The van der Waals surface area contributed by atoms with Gasteiger partial charge < -0.3 is 24.7 Å². The van der Waals surface area contributed by atoms with E-state index in [2.05, 4.69) is 54.5 Å². The summed E-state index contributed by atoms with van der Waals surface area (Å²) < 4.78 is 25.3. The molecule has 0 amide bonds. The molecule has 8 heteroatoms. The van der Waals surface area contributed by atoms with E-state index in [1.165, 1.54) is 19.4 Å². The van der Waals surface area contributed by atoms with Gasteiger partial charge in [-0.15, -0.1) is 0 Å². The summed E-state index contributed by atoms with van der Waals surface area (Å²) in [4.78, 5) is 24.6. The molecule has 0 aromatic heterocycles. The van der Waals surface area contributed by atoms with Gasteiger partial charge in [0.1, 0.15) is 12.2 Å². The summed E-state index contributed by atoms with van der Waals surface area (Å²) >= 11 is 0. The van der Waals surface area contributed by atoms with Crippen molar-refractivity contribution < 1.29 is 28.5 Å². The second kappa shape index (κ2) is 9.57. The third-order valence-electron chi connectivity index (χ3n) is 15.4. The molecule has 10 atom stereocenters. The van der Waals surface area contributed by atoms with Crippen molar-refractivity contribution in [3.05, 3.63) is 11.6 Å². The maximum atomic E-state index is 12.5. The van der Waals surface area contributed by atoms with Gasteiger partial charge >= 0.3 is 11.9 Å². The van der Waals surface area contributed by atoms with Crippen LogP contribution in [0.1, 0.15) is 128 Å². The average molecular weight is 629 g/mol. The highest BCUT2D eigenvalue weighted by Crippen LogP contribution is 2.77. The molecule has 1 saturated heterocycles. The number of rotatable bonds is 2. The number of nitrogens with two attached hydrogens (primary N) is 2. The van der Waals surface area contributed by atoms with Gasteiger partial charge in [-0.05, 0) is 93.3 Å². The van der Waals surface area contributed by atoms with Crippen molar-refractivity contribution in [2.45, 2.75) is 157 Å². The smallest absolute Gasteiger partial charge is 0.303 e. The summed E-state index contributed by atoms with van der Waals surface area (Å²) in [6.45, 7) is 23.6. The summed E-state index contributed by atoms with van der Waals surface area (Å²) in [5.41, 5.74) is 13.5. The Balaban J connectivity index is 1.45. The molecular weight excluding hydrogens is 568 g/mol. The number of hydrogen-bond acceptors (Lipinski definition) is 8. The van der Waals surface area contributed by atoms with Crippen LogP contribution in [0.25, 0.3) is 0 Å². The first-order valence-electron chi connectivity index (χ1n) is 17.4. The van der Waals surface area contributed by atoms with Gasteiger partial charge in [0.15, 0.2) is 11.5 Å². The van der Waals surface area contributed by atoms with Gasteiger partial charge in [-0.1, -0.05) is 60.1 Å². The molecule has 1 aliphatic heterocycles. The summed E-state index contributed by atoms with van der Waals surface area (Å²) in [6, 6.07) is 0. The largest absolute Gasteiger partial charge is 0.462 e. The molecule has 0 aromatic rings. The molecule has 4 saturated carbocycles. The third kappa shape index (κ3) is 4.04. The predicted molar refractivity (Wildman–Crippen MR) is 172 cm³/mol. The lowest BCUT2D eigenvalue weighted by Gasteiger charge is -2.75. The van der Waals surface area contributed by atoms with Crippen molar-refractivity contribution in [3.8, 4) is 0 Å². The highest BCUT2D eigenvalue weighted by atomic mass is 16.7. The quantitative estimate of drug-likeness (QED) is 0.266. The van der Waals surface area contributed by atoms with Crippen LogP contribution in [0, 0.1) is 44.3 Å². The second-order valence-electron chi connectivity index (χ2n) is 18.4. The Morgan fingerprint density at radius 2 is 1.49 bits per heavy atom. The van der Waals surface area contributed by atoms with Crippen molar-refractivity contribution in [2.24, 2.45) is 55.8 Å². The van der Waals surface area contributed by atoms with E-state index in [9.17, 15) is 9.59 Å². The number of ether oxygens (including phenoxy) is 4. The minimum atomic E-state index is -1.20. The third-order valence-corrected chi connectivity index (χ3v) is 15.4. The highest BCUT2D eigenvalue weighted by Gasteiger charge is 2.77. The zero-order valence-corrected chi connectivity index (χ0v) is 29.9. The highest BCUT2D eigenvalue weighted by molar-refractivity contribution is 5.66. The van der Waals surface area contributed by atoms with Crippen LogP contribution in [0.5, 0.6) is 0 Å². The Morgan fingerprint density at radius 3 is 2.11 bits per heavy atom. The van der Waals surface area contributed by atoms with Crippen molar-refractivity contribution in [1.29, 1.82) is 0 Å². The summed E-state index contributed by atoms with van der Waals surface area (Å²) in [5, 5.41) is 0. The van der Waals surface area contributed by atoms with Crippen molar-refractivity contribution in [1.82, 2.24) is 0 Å². The predicted octanol–water partition coefficient (Wildman–Crippen LogP) is 6.39. The van der Waals surface area contributed by atoms with Gasteiger partial charge in [-0.25, -0.2) is 0 Å². The molecule has 4 N–H and O–H groups in total. The lowest BCUT2D eigenvalue weighted by Crippen LogP contribution is -2.81. The van der Waals surface area contributed by atoms with E-state index >= 15 is 0 Å². The van der Waals surface area contributed by atoms with E-state index in [0.717, 1.165) is 51.4 Å². The fraction of sp³-hybridized carbons (Fsp3) is 0.892. The minimum absolute atomic E-state index is 0.0183. The molecule has 5 fully saturated rings. The molecule has 0 aromatic carbocycles. The minimum Gasteiger partial charge on any atom is -0.462 e. The zero-order chi connectivity index (χ0) is 33.4. The molecule has 2 unspecified atom stereocenters. The van der Waals surface area contributed by atoms with Crippen molar-refractivity contribution >= 4 is 11.9 Å². The number of carbonyl (C=O) groups excluding carboxylic acids is 2. The van der Waals surface area contributed by atoms with Gasteiger partial charge in [-0.2, -0.15) is 0 Å². The van der Waals surface area contributed by atoms with Crippen LogP contribution in [0.4, 0.5) is 0 Å². The first kappa shape index (κ1) is 33.4. The van der Waals surface area contributed by atoms with Crippen LogP contribution in [0.3, 0.4) is 0 Å². The molecule has 254 valence electrons. The summed E-state index contributed by atoms with van der Waals surface area (Å²) in [6.07, 6.45) is 9.04. The van der Waals surface area contributed by atoms with E-state index < -0.39 is 34.0 Å². The number of hydrogen-bond donors (Lipinski definition) is 2. The van der Waals surface area contributed by atoms with E-state index in [0.29, 0.717) is 12.5 Å². The topological polar surface area (TPSA) is 123 Å². The fourth-order valence-corrected chi connectivity index (χ4v) is 12.6. The van der Waals surface area contributed by atoms with E-state index in [-0.39, 0.29) is 45.6 Å². The van der Waals surface area contributed by atoms with E-state index in [1.807, 2.05) is 13.8 Å². The molecule has 5 aliphatic carbocycles. The molecule has 0 bridgehead atoms. The van der Waals surface area contributed by atoms with Gasteiger partial charge in [0.2, 0.25) is 0 Å². The van der Waals surface area contributed by atoms with Gasteiger partial charge in [0, 0.05) is 35.6 Å². The van der Waals surface area contributed by atoms with Crippen LogP contribution in [-0.2, 0) is 28.5 Å². The normalized spacial score (nSPS) is 50.7. The number of fused-ring (bicyclic) bond motifs is 6. The van der Waals surface area contributed by atoms with Crippen LogP contribution >= 0.6 is 0 Å². The molecule has 6 rings (SSSR count). The molecule has 8 nitrogen and oxygen atoms in total. The number of carbonyl (C=O) groups is 2. The van der Waals surface area contributed by atoms with E-state index in [4.69, 9.17) is 30.4 Å². The Hall–Kier alpha value is -1.48. The number of esters is 2. The van der Waals surface area contributed by atoms with Crippen molar-refractivity contribution in [3.63, 3.8) is 0 Å². The maximum absolute atomic E-state index is 12.5. The van der Waals surface area contributed by atoms with Crippen LogP contribution < -0.4 is 11.5 Å². The van der Waals surface area contributed by atoms with Crippen LogP contribution in [0.15, 0.2) is 11.6 Å². The molecule has 1 spiro atoms. The maximum Gasteiger partial charge on any atom is 0.303 e. The Morgan fingerprint density at radius 1 is 0.844 bits per heavy atom. The summed E-state index contributed by atoms with van der Waals surface area (Å²) in [7, 11) is 0. The molecule has 1 heterocycles. The lowest BCUT2D eigenvalue weighted by molar-refractivity contribution is -0.410. The number of allylic oxidation sites excluding steroid dienone is 2. The Labute approximate surface area is 271 Å². The standard InChI is InChI=1S/C37H60N2O6/c1-22(40)43-27-14-15-34(11)26-13-12-24-25-20-29(3,4)28(44-23(2)41)37(39)35(25,21-42-31(7,8)45-37)18-16-32(24,9)33(26,10)17-19-36(34,38)30(27,5)6/h12,25-28H,13-21,38-39H2,1-11H3/t25?,26?,27-,28+,32+,33+,34+,35-,36+,37-/m0/s1. The molecule has 6 aliphatic rings. The Kier molecular flexibility index (Phi) is 7.11. The Bertz CT molecular complexity index is 1320. The molecule has 0 radical (unpaired) electrons. The zero-order valence-electron chi connectivity index (χ0n) is 29.9. The SMILES string of the molecule is CC(=O)O[C@H]1CC[C@]2(C)C3CC=C4C5CC(C)(C)[C@@H](OC(C)=O)[C@]6(N)OC(C)(C)OC[C@@]56CC[C@@]4(C)[C@]3(C)CC[C@@]2(N)C1(C)C. The fourth-order valence-electron chi connectivity index (χ4n) is 12.6. The first-order chi connectivity index (χ1) is 20.5. The average Bonchev–Trinajstić information content (AvgIpc) is 2.90. The van der Waals surface area contributed by atoms with Gasteiger partial charge in [-0.3, -0.25) is 15.3 Å². The summed E-state index contributed by atoms with van der Waals surface area (Å²) in [5.74, 6) is -0.939. The first-order valence-corrected chi connectivity index (χ1v) is 17.4. The molecule has 45 heavy (non-hydrogen) atoms. The monoisotopic (exact) mass is 628 g/mol. The second-order valence-corrected chi connectivity index (χ2v) is 18.4. The van der Waals surface area contributed by atoms with Gasteiger partial charge in [0.25, 0.3) is 0 Å². The van der Waals surface area contributed by atoms with Crippen molar-refractivity contribution in [2.75, 3.05) is 6.61 Å². The van der Waals surface area contributed by atoms with E-state index in [1.54, 1.807) is 0 Å². The van der Waals surface area contributed by atoms with Crippen LogP contribution in [-0.4, -0.2) is 47.8 Å². The van der Waals surface area contributed by atoms with Crippen LogP contribution in [0.2, 0.25) is 0 Å². The van der Waals surface area contributed by atoms with Gasteiger partial charge in [0.05, 0.1) is 6.61 Å². The molecular formula is C37H60N2O6.